The summed E-state index contributed by atoms with van der Waals surface area (Å²) in [4.78, 5) is 11.7. The molecular weight excluding hydrogens is 192 g/mol. The van der Waals surface area contributed by atoms with E-state index in [0.717, 1.165) is 37.0 Å². The van der Waals surface area contributed by atoms with Crippen molar-refractivity contribution >= 4 is 5.97 Å². The van der Waals surface area contributed by atoms with Gasteiger partial charge in [-0.25, -0.2) is 4.79 Å². The molecule has 0 spiro atoms. The molecule has 1 heterocycles. The number of carbonyl (C=O) groups is 1. The van der Waals surface area contributed by atoms with Crippen LogP contribution in [0.1, 0.15) is 46.5 Å². The molecule has 2 aliphatic rings. The first-order valence-electron chi connectivity index (χ1n) is 5.58. The van der Waals surface area contributed by atoms with E-state index in [9.17, 15) is 4.79 Å². The third kappa shape index (κ3) is 2.01. The van der Waals surface area contributed by atoms with Gasteiger partial charge in [-0.05, 0) is 19.3 Å². The SMILES string of the molecule is CC(C)(C)C1OC(=O)C2=C(CCCC2)O1. The second kappa shape index (κ2) is 3.54. The average molecular weight is 210 g/mol. The van der Waals surface area contributed by atoms with E-state index in [1.54, 1.807) is 0 Å². The third-order valence-electron chi connectivity index (χ3n) is 2.83. The Hall–Kier alpha value is -0.990. The molecule has 0 saturated heterocycles. The van der Waals surface area contributed by atoms with Crippen molar-refractivity contribution in [2.75, 3.05) is 0 Å². The zero-order valence-corrected chi connectivity index (χ0v) is 9.63. The van der Waals surface area contributed by atoms with Crippen molar-refractivity contribution in [1.82, 2.24) is 0 Å². The maximum absolute atomic E-state index is 11.7. The van der Waals surface area contributed by atoms with Crippen LogP contribution in [0.15, 0.2) is 11.3 Å². The molecule has 0 fully saturated rings. The second-order valence-corrected chi connectivity index (χ2v) is 5.33. The predicted octanol–water partition coefficient (Wildman–Crippen LogP) is 2.76. The van der Waals surface area contributed by atoms with E-state index < -0.39 is 6.29 Å². The summed E-state index contributed by atoms with van der Waals surface area (Å²) >= 11 is 0. The molecule has 0 aromatic heterocycles. The normalized spacial score (nSPS) is 26.9. The van der Waals surface area contributed by atoms with Crippen molar-refractivity contribution in [2.24, 2.45) is 5.41 Å². The lowest BCUT2D eigenvalue weighted by Gasteiger charge is -2.36. The summed E-state index contributed by atoms with van der Waals surface area (Å²) in [6, 6.07) is 0. The Balaban J connectivity index is 2.22. The lowest BCUT2D eigenvalue weighted by atomic mass is 9.93. The first-order chi connectivity index (χ1) is 6.98. The Morgan fingerprint density at radius 3 is 2.47 bits per heavy atom. The van der Waals surface area contributed by atoms with Crippen LogP contribution < -0.4 is 0 Å². The van der Waals surface area contributed by atoms with Gasteiger partial charge in [0.25, 0.3) is 0 Å². The fourth-order valence-electron chi connectivity index (χ4n) is 1.90. The van der Waals surface area contributed by atoms with Crippen LogP contribution in [0.2, 0.25) is 0 Å². The van der Waals surface area contributed by atoms with Gasteiger partial charge in [0, 0.05) is 11.8 Å². The van der Waals surface area contributed by atoms with Crippen molar-refractivity contribution in [3.05, 3.63) is 11.3 Å². The molecule has 0 N–H and O–H groups in total. The molecule has 0 bridgehead atoms. The fourth-order valence-corrected chi connectivity index (χ4v) is 1.90. The molecule has 0 aromatic carbocycles. The van der Waals surface area contributed by atoms with Crippen LogP contribution in [0, 0.1) is 5.41 Å². The summed E-state index contributed by atoms with van der Waals surface area (Å²) in [5, 5.41) is 0. The van der Waals surface area contributed by atoms with E-state index in [4.69, 9.17) is 9.47 Å². The van der Waals surface area contributed by atoms with E-state index in [1.165, 1.54) is 0 Å². The predicted molar refractivity (Wildman–Crippen MR) is 55.9 cm³/mol. The maximum Gasteiger partial charge on any atom is 0.340 e. The van der Waals surface area contributed by atoms with E-state index in [1.807, 2.05) is 20.8 Å². The van der Waals surface area contributed by atoms with Gasteiger partial charge in [0.2, 0.25) is 6.29 Å². The number of cyclic esters (lactones) is 1. The minimum Gasteiger partial charge on any atom is -0.458 e. The maximum atomic E-state index is 11.7. The topological polar surface area (TPSA) is 35.5 Å². The molecule has 0 amide bonds. The molecule has 1 unspecified atom stereocenters. The highest BCUT2D eigenvalue weighted by molar-refractivity contribution is 5.89. The summed E-state index contributed by atoms with van der Waals surface area (Å²) in [7, 11) is 0. The van der Waals surface area contributed by atoms with Gasteiger partial charge >= 0.3 is 5.97 Å². The lowest BCUT2D eigenvalue weighted by Crippen LogP contribution is -2.38. The zero-order chi connectivity index (χ0) is 11.1. The van der Waals surface area contributed by atoms with Crippen LogP contribution in [0.5, 0.6) is 0 Å². The van der Waals surface area contributed by atoms with E-state index in [2.05, 4.69) is 0 Å². The van der Waals surface area contributed by atoms with Crippen LogP contribution in [0.25, 0.3) is 0 Å². The summed E-state index contributed by atoms with van der Waals surface area (Å²) in [6.07, 6.45) is 3.45. The Kier molecular flexibility index (Phi) is 2.49. The number of esters is 1. The Labute approximate surface area is 90.4 Å². The van der Waals surface area contributed by atoms with Crippen LogP contribution in [0.4, 0.5) is 0 Å². The molecule has 1 aliphatic heterocycles. The second-order valence-electron chi connectivity index (χ2n) is 5.33. The molecule has 0 aromatic rings. The largest absolute Gasteiger partial charge is 0.458 e. The van der Waals surface area contributed by atoms with E-state index in [-0.39, 0.29) is 11.4 Å². The Morgan fingerprint density at radius 2 is 1.80 bits per heavy atom. The number of carbonyl (C=O) groups excluding carboxylic acids is 1. The standard InChI is InChI=1S/C12H18O3/c1-12(2,3)11-14-9-7-5-4-6-8(9)10(13)15-11/h11H,4-7H2,1-3H3. The fraction of sp³-hybridized carbons (Fsp3) is 0.750. The first kappa shape index (κ1) is 10.5. The van der Waals surface area contributed by atoms with E-state index in [0.29, 0.717) is 0 Å². The Bertz CT molecular complexity index is 309. The Morgan fingerprint density at radius 1 is 1.13 bits per heavy atom. The van der Waals surface area contributed by atoms with Gasteiger partial charge < -0.3 is 9.47 Å². The molecule has 1 atom stereocenters. The van der Waals surface area contributed by atoms with Crippen molar-refractivity contribution in [1.29, 1.82) is 0 Å². The molecule has 15 heavy (non-hydrogen) atoms. The number of rotatable bonds is 0. The third-order valence-corrected chi connectivity index (χ3v) is 2.83. The minimum atomic E-state index is -0.429. The molecule has 1 aliphatic carbocycles. The van der Waals surface area contributed by atoms with Crippen LogP contribution >= 0.6 is 0 Å². The molecule has 2 rings (SSSR count). The molecule has 3 heteroatoms. The molecule has 0 radical (unpaired) electrons. The summed E-state index contributed by atoms with van der Waals surface area (Å²) < 4.78 is 11.1. The highest BCUT2D eigenvalue weighted by atomic mass is 16.7. The van der Waals surface area contributed by atoms with Crippen molar-refractivity contribution in [3.63, 3.8) is 0 Å². The van der Waals surface area contributed by atoms with Crippen molar-refractivity contribution in [3.8, 4) is 0 Å². The molecular formula is C12H18O3. The van der Waals surface area contributed by atoms with Crippen molar-refractivity contribution < 1.29 is 14.3 Å². The van der Waals surface area contributed by atoms with Gasteiger partial charge in [-0.15, -0.1) is 0 Å². The van der Waals surface area contributed by atoms with Gasteiger partial charge in [0.05, 0.1) is 5.57 Å². The van der Waals surface area contributed by atoms with Crippen LogP contribution in [-0.4, -0.2) is 12.3 Å². The average Bonchev–Trinajstić information content (AvgIpc) is 2.16. The highest BCUT2D eigenvalue weighted by Crippen LogP contribution is 2.36. The number of ether oxygens (including phenoxy) is 2. The van der Waals surface area contributed by atoms with Gasteiger partial charge in [-0.3, -0.25) is 0 Å². The number of hydrogen-bond donors (Lipinski definition) is 0. The van der Waals surface area contributed by atoms with E-state index >= 15 is 0 Å². The summed E-state index contributed by atoms with van der Waals surface area (Å²) in [5.41, 5.74) is 0.604. The lowest BCUT2D eigenvalue weighted by molar-refractivity contribution is -0.199. The van der Waals surface area contributed by atoms with Crippen LogP contribution in [0.3, 0.4) is 0 Å². The summed E-state index contributed by atoms with van der Waals surface area (Å²) in [5.74, 6) is 0.702. The number of allylic oxidation sites excluding steroid dienone is 1. The molecule has 84 valence electrons. The van der Waals surface area contributed by atoms with Gasteiger partial charge in [-0.1, -0.05) is 20.8 Å². The van der Waals surface area contributed by atoms with Gasteiger partial charge in [0.15, 0.2) is 0 Å². The molecule has 0 saturated carbocycles. The smallest absolute Gasteiger partial charge is 0.340 e. The highest BCUT2D eigenvalue weighted by Gasteiger charge is 2.37. The first-order valence-corrected chi connectivity index (χ1v) is 5.58. The zero-order valence-electron chi connectivity index (χ0n) is 9.63. The van der Waals surface area contributed by atoms with Gasteiger partial charge in [0.1, 0.15) is 5.76 Å². The minimum absolute atomic E-state index is 0.161. The summed E-state index contributed by atoms with van der Waals surface area (Å²) in [6.45, 7) is 6.04. The van der Waals surface area contributed by atoms with Gasteiger partial charge in [-0.2, -0.15) is 0 Å². The molecule has 3 nitrogen and oxygen atoms in total. The number of hydrogen-bond acceptors (Lipinski definition) is 3. The van der Waals surface area contributed by atoms with Crippen LogP contribution in [-0.2, 0) is 14.3 Å². The van der Waals surface area contributed by atoms with Crippen molar-refractivity contribution in [2.45, 2.75) is 52.7 Å². The monoisotopic (exact) mass is 210 g/mol. The quantitative estimate of drug-likeness (QED) is 0.577.